The predicted molar refractivity (Wildman–Crippen MR) is 98.5 cm³/mol. The molecule has 4 aromatic heterocycles. The van der Waals surface area contributed by atoms with Crippen LogP contribution in [0.25, 0.3) is 45.2 Å². The van der Waals surface area contributed by atoms with Crippen molar-refractivity contribution in [2.24, 2.45) is 0 Å². The van der Waals surface area contributed by atoms with E-state index in [9.17, 15) is 0 Å². The van der Waals surface area contributed by atoms with Gasteiger partial charge in [0.05, 0.1) is 28.8 Å². The van der Waals surface area contributed by atoms with E-state index in [0.717, 1.165) is 5.56 Å². The molecule has 4 heterocycles. The van der Waals surface area contributed by atoms with Gasteiger partial charge in [0.2, 0.25) is 5.71 Å². The van der Waals surface area contributed by atoms with E-state index in [1.54, 1.807) is 36.8 Å². The summed E-state index contributed by atoms with van der Waals surface area (Å²) < 4.78 is 17.1. The summed E-state index contributed by atoms with van der Waals surface area (Å²) in [7, 11) is 0. The van der Waals surface area contributed by atoms with Crippen molar-refractivity contribution < 1.29 is 13.3 Å². The third-order valence-corrected chi connectivity index (χ3v) is 4.27. The van der Waals surface area contributed by atoms with Crippen molar-refractivity contribution in [2.75, 3.05) is 0 Å². The number of benzene rings is 1. The lowest BCUT2D eigenvalue weighted by atomic mass is 10.0. The molecule has 5 rings (SSSR count). The van der Waals surface area contributed by atoms with Crippen LogP contribution in [0.5, 0.6) is 0 Å². The minimum absolute atomic E-state index is 0.267. The summed E-state index contributed by atoms with van der Waals surface area (Å²) in [5.41, 5.74) is 2.25. The Balaban J connectivity index is 1.84. The molecule has 0 saturated heterocycles. The first kappa shape index (κ1) is 15.3. The standard InChI is InChI=1S/C21H13N3O3/c22-14-12-17(13-6-2-1-3-7-13)27-21-18(14)19(15-8-4-10-25-15)20(23-24-21)16-9-5-11-26-16/h1-12,22H. The van der Waals surface area contributed by atoms with Crippen LogP contribution in [-0.2, 0) is 0 Å². The van der Waals surface area contributed by atoms with Gasteiger partial charge < -0.3 is 13.3 Å². The Hall–Kier alpha value is -3.93. The van der Waals surface area contributed by atoms with E-state index >= 15 is 0 Å². The maximum absolute atomic E-state index is 8.62. The number of rotatable bonds is 3. The molecule has 0 aliphatic heterocycles. The van der Waals surface area contributed by atoms with Crippen LogP contribution in [0.2, 0.25) is 0 Å². The smallest absolute Gasteiger partial charge is 0.249 e. The van der Waals surface area contributed by atoms with Crippen LogP contribution >= 0.6 is 0 Å². The summed E-state index contributed by atoms with van der Waals surface area (Å²) in [5, 5.41) is 17.9. The van der Waals surface area contributed by atoms with Gasteiger partial charge in [-0.2, -0.15) is 0 Å². The molecule has 0 unspecified atom stereocenters. The molecule has 0 saturated carbocycles. The van der Waals surface area contributed by atoms with E-state index in [1.807, 2.05) is 36.4 Å². The molecular weight excluding hydrogens is 342 g/mol. The topological polar surface area (TPSA) is 89.0 Å². The second-order valence-electron chi connectivity index (χ2n) is 5.95. The van der Waals surface area contributed by atoms with Crippen molar-refractivity contribution in [2.45, 2.75) is 0 Å². The minimum atomic E-state index is 0.267. The summed E-state index contributed by atoms with van der Waals surface area (Å²) in [6.07, 6.45) is 3.14. The van der Waals surface area contributed by atoms with E-state index < -0.39 is 0 Å². The molecule has 0 fully saturated rings. The molecule has 1 N–H and O–H groups in total. The molecule has 6 nitrogen and oxygen atoms in total. The van der Waals surface area contributed by atoms with Gasteiger partial charge >= 0.3 is 0 Å². The third kappa shape index (κ3) is 2.55. The Labute approximate surface area is 153 Å². The molecule has 0 amide bonds. The fourth-order valence-corrected chi connectivity index (χ4v) is 3.07. The highest BCUT2D eigenvalue weighted by molar-refractivity contribution is 5.96. The van der Waals surface area contributed by atoms with Crippen LogP contribution < -0.4 is 5.36 Å². The lowest BCUT2D eigenvalue weighted by molar-refractivity contribution is 0.569. The van der Waals surface area contributed by atoms with E-state index in [1.165, 1.54) is 0 Å². The van der Waals surface area contributed by atoms with Gasteiger partial charge in [0.15, 0.2) is 5.76 Å². The van der Waals surface area contributed by atoms with E-state index in [2.05, 4.69) is 10.2 Å². The van der Waals surface area contributed by atoms with Crippen molar-refractivity contribution in [3.05, 3.63) is 78.5 Å². The average molecular weight is 355 g/mol. The average Bonchev–Trinajstić information content (AvgIpc) is 3.42. The number of aromatic nitrogens is 2. The quantitative estimate of drug-likeness (QED) is 0.498. The minimum Gasteiger partial charge on any atom is -0.464 e. The summed E-state index contributed by atoms with van der Waals surface area (Å²) in [6.45, 7) is 0. The zero-order chi connectivity index (χ0) is 18.2. The predicted octanol–water partition coefficient (Wildman–Crippen LogP) is 4.89. The normalized spacial score (nSPS) is 11.1. The van der Waals surface area contributed by atoms with E-state index in [4.69, 9.17) is 18.7 Å². The Bertz CT molecular complexity index is 1270. The largest absolute Gasteiger partial charge is 0.464 e. The van der Waals surface area contributed by atoms with Crippen molar-refractivity contribution in [3.63, 3.8) is 0 Å². The molecular formula is C21H13N3O3. The Morgan fingerprint density at radius 2 is 1.48 bits per heavy atom. The Morgan fingerprint density at radius 1 is 0.741 bits per heavy atom. The molecule has 0 aliphatic rings. The van der Waals surface area contributed by atoms with Crippen LogP contribution in [0.3, 0.4) is 0 Å². The monoisotopic (exact) mass is 355 g/mol. The zero-order valence-electron chi connectivity index (χ0n) is 14.0. The lowest BCUT2D eigenvalue weighted by Gasteiger charge is -2.09. The van der Waals surface area contributed by atoms with Gasteiger partial charge in [0.1, 0.15) is 17.2 Å². The maximum Gasteiger partial charge on any atom is 0.249 e. The van der Waals surface area contributed by atoms with Gasteiger partial charge in [0.25, 0.3) is 0 Å². The van der Waals surface area contributed by atoms with Crippen LogP contribution in [-0.4, -0.2) is 10.2 Å². The summed E-state index contributed by atoms with van der Waals surface area (Å²) in [5.74, 6) is 1.67. The number of hydrogen-bond acceptors (Lipinski definition) is 6. The molecule has 0 radical (unpaired) electrons. The highest BCUT2D eigenvalue weighted by Gasteiger charge is 2.21. The van der Waals surface area contributed by atoms with Gasteiger partial charge in [-0.05, 0) is 24.3 Å². The van der Waals surface area contributed by atoms with Gasteiger partial charge in [-0.3, -0.25) is 5.41 Å². The zero-order valence-corrected chi connectivity index (χ0v) is 14.0. The molecule has 6 heteroatoms. The van der Waals surface area contributed by atoms with Gasteiger partial charge in [-0.15, -0.1) is 10.2 Å². The van der Waals surface area contributed by atoms with Crippen molar-refractivity contribution in [1.82, 2.24) is 10.2 Å². The first-order valence-electron chi connectivity index (χ1n) is 8.33. The van der Waals surface area contributed by atoms with Crippen LogP contribution in [0.1, 0.15) is 0 Å². The van der Waals surface area contributed by atoms with E-state index in [-0.39, 0.29) is 11.1 Å². The number of furan rings is 2. The van der Waals surface area contributed by atoms with Gasteiger partial charge in [-0.25, -0.2) is 0 Å². The Morgan fingerprint density at radius 3 is 2.19 bits per heavy atom. The van der Waals surface area contributed by atoms with Gasteiger partial charge in [-0.1, -0.05) is 30.3 Å². The maximum atomic E-state index is 8.62. The molecule has 5 aromatic rings. The van der Waals surface area contributed by atoms with Gasteiger partial charge in [0, 0.05) is 11.6 Å². The lowest BCUT2D eigenvalue weighted by Crippen LogP contribution is -2.06. The first-order chi connectivity index (χ1) is 13.3. The summed E-state index contributed by atoms with van der Waals surface area (Å²) >= 11 is 0. The molecule has 27 heavy (non-hydrogen) atoms. The fourth-order valence-electron chi connectivity index (χ4n) is 3.07. The van der Waals surface area contributed by atoms with Crippen LogP contribution in [0, 0.1) is 5.41 Å². The molecule has 0 aliphatic carbocycles. The highest BCUT2D eigenvalue weighted by atomic mass is 16.3. The first-order valence-corrected chi connectivity index (χ1v) is 8.33. The van der Waals surface area contributed by atoms with Crippen molar-refractivity contribution >= 4 is 11.1 Å². The number of nitrogens with zero attached hydrogens (tertiary/aromatic N) is 2. The van der Waals surface area contributed by atoms with Crippen molar-refractivity contribution in [3.8, 4) is 34.1 Å². The SMILES string of the molecule is N=c1cc(-c2ccccc2)oc2nnc(-c3ccco3)c(-c3ccco3)c12. The summed E-state index contributed by atoms with van der Waals surface area (Å²) in [6, 6.07) is 18.4. The number of fused-ring (bicyclic) bond motifs is 1. The van der Waals surface area contributed by atoms with Crippen LogP contribution in [0.15, 0.2) is 86.4 Å². The van der Waals surface area contributed by atoms with Crippen molar-refractivity contribution in [1.29, 1.82) is 5.41 Å². The second kappa shape index (κ2) is 6.10. The molecule has 1 aromatic carbocycles. The molecule has 130 valence electrons. The second-order valence-corrected chi connectivity index (χ2v) is 5.95. The van der Waals surface area contributed by atoms with E-state index in [0.29, 0.717) is 33.9 Å². The number of nitrogens with one attached hydrogen (secondary N) is 1. The molecule has 0 atom stereocenters. The number of hydrogen-bond donors (Lipinski definition) is 1. The Kier molecular flexibility index (Phi) is 3.47. The fraction of sp³-hybridized carbons (Fsp3) is 0. The molecule has 0 spiro atoms. The molecule has 0 bridgehead atoms. The summed E-state index contributed by atoms with van der Waals surface area (Å²) in [4.78, 5) is 0. The van der Waals surface area contributed by atoms with Crippen LogP contribution in [0.4, 0.5) is 0 Å². The third-order valence-electron chi connectivity index (χ3n) is 4.27. The highest BCUT2D eigenvalue weighted by Crippen LogP contribution is 2.35.